The molecule has 0 unspecified atom stereocenters. The average molecular weight is 484 g/mol. The van der Waals surface area contributed by atoms with Gasteiger partial charge < -0.3 is 15.4 Å². The van der Waals surface area contributed by atoms with E-state index in [1.165, 1.54) is 5.56 Å². The number of rotatable bonds is 8. The highest BCUT2D eigenvalue weighted by Gasteiger charge is 2.22. The molecule has 0 heterocycles. The van der Waals surface area contributed by atoms with Crippen molar-refractivity contribution < 1.29 is 13.2 Å². The highest BCUT2D eigenvalue weighted by atomic mass is 127. The largest absolute Gasteiger partial charge is 0.492 e. The van der Waals surface area contributed by atoms with Gasteiger partial charge in [-0.05, 0) is 32.9 Å². The predicted molar refractivity (Wildman–Crippen MR) is 114 cm³/mol. The molecule has 25 heavy (non-hydrogen) atoms. The molecule has 0 atom stereocenters. The second-order valence-electron chi connectivity index (χ2n) is 6.27. The fourth-order valence-corrected chi connectivity index (χ4v) is 3.11. The highest BCUT2D eigenvalue weighted by molar-refractivity contribution is 14.0. The Morgan fingerprint density at radius 1 is 1.20 bits per heavy atom. The van der Waals surface area contributed by atoms with Crippen LogP contribution in [0.15, 0.2) is 29.3 Å². The molecule has 0 bridgehead atoms. The van der Waals surface area contributed by atoms with Crippen molar-refractivity contribution in [1.82, 2.24) is 15.4 Å². The summed E-state index contributed by atoms with van der Waals surface area (Å²) in [4.78, 5) is 4.11. The Hall–Kier alpha value is -1.07. The van der Waals surface area contributed by atoms with Gasteiger partial charge in [0.1, 0.15) is 12.4 Å². The van der Waals surface area contributed by atoms with Gasteiger partial charge in [0.05, 0.1) is 12.8 Å². The zero-order valence-electron chi connectivity index (χ0n) is 15.4. The van der Waals surface area contributed by atoms with Gasteiger partial charge >= 0.3 is 0 Å². The standard InChI is InChI=1S/C16H28N4O3S.HI/c1-13-6-8-14(9-7-13)23-11-10-18-15(17-4)19-12-16(2,3)20-24(5,21)22;/h6-9,20H,10-12H2,1-5H3,(H2,17,18,19);1H. The van der Waals surface area contributed by atoms with Gasteiger partial charge in [-0.3, -0.25) is 4.99 Å². The Morgan fingerprint density at radius 2 is 1.80 bits per heavy atom. The van der Waals surface area contributed by atoms with Gasteiger partial charge in [0.25, 0.3) is 0 Å². The number of hydrogen-bond donors (Lipinski definition) is 3. The highest BCUT2D eigenvalue weighted by Crippen LogP contribution is 2.10. The molecule has 1 rings (SSSR count). The minimum absolute atomic E-state index is 0. The van der Waals surface area contributed by atoms with E-state index in [9.17, 15) is 8.42 Å². The normalized spacial score (nSPS) is 12.3. The van der Waals surface area contributed by atoms with E-state index in [4.69, 9.17) is 4.74 Å². The van der Waals surface area contributed by atoms with E-state index in [-0.39, 0.29) is 24.0 Å². The molecule has 0 aliphatic carbocycles. The summed E-state index contributed by atoms with van der Waals surface area (Å²) in [6.45, 7) is 7.10. The number of sulfonamides is 1. The third-order valence-electron chi connectivity index (χ3n) is 3.07. The number of hydrogen-bond acceptors (Lipinski definition) is 4. The molecule has 0 aliphatic heterocycles. The number of nitrogens with one attached hydrogen (secondary N) is 3. The van der Waals surface area contributed by atoms with Gasteiger partial charge in [0.15, 0.2) is 5.96 Å². The van der Waals surface area contributed by atoms with Crippen LogP contribution in [0.5, 0.6) is 5.75 Å². The molecule has 0 fully saturated rings. The zero-order valence-corrected chi connectivity index (χ0v) is 18.6. The summed E-state index contributed by atoms with van der Waals surface area (Å²) in [7, 11) is -1.60. The summed E-state index contributed by atoms with van der Waals surface area (Å²) in [5, 5.41) is 6.22. The molecule has 0 saturated heterocycles. The lowest BCUT2D eigenvalue weighted by molar-refractivity contribution is 0.321. The van der Waals surface area contributed by atoms with Gasteiger partial charge in [-0.15, -0.1) is 24.0 Å². The van der Waals surface area contributed by atoms with Crippen LogP contribution in [0, 0.1) is 6.92 Å². The fraction of sp³-hybridized carbons (Fsp3) is 0.562. The smallest absolute Gasteiger partial charge is 0.209 e. The molecule has 9 heteroatoms. The lowest BCUT2D eigenvalue weighted by atomic mass is 10.1. The van der Waals surface area contributed by atoms with Crippen LogP contribution in [-0.2, 0) is 10.0 Å². The Kier molecular flexibility index (Phi) is 10.4. The number of benzene rings is 1. The molecule has 0 saturated carbocycles. The summed E-state index contributed by atoms with van der Waals surface area (Å²) < 4.78 is 30.9. The first-order valence-electron chi connectivity index (χ1n) is 7.74. The van der Waals surface area contributed by atoms with Crippen LogP contribution in [-0.4, -0.2) is 52.9 Å². The maximum absolute atomic E-state index is 11.3. The van der Waals surface area contributed by atoms with Crippen molar-refractivity contribution in [3.05, 3.63) is 29.8 Å². The van der Waals surface area contributed by atoms with Crippen molar-refractivity contribution in [3.63, 3.8) is 0 Å². The van der Waals surface area contributed by atoms with E-state index < -0.39 is 15.6 Å². The minimum Gasteiger partial charge on any atom is -0.492 e. The summed E-state index contributed by atoms with van der Waals surface area (Å²) in [6, 6.07) is 7.86. The topological polar surface area (TPSA) is 91.8 Å². The molecular weight excluding hydrogens is 455 g/mol. The third kappa shape index (κ3) is 11.2. The van der Waals surface area contributed by atoms with E-state index in [0.717, 1.165) is 12.0 Å². The van der Waals surface area contributed by atoms with Crippen LogP contribution in [0.3, 0.4) is 0 Å². The Balaban J connectivity index is 0.00000576. The first-order valence-corrected chi connectivity index (χ1v) is 9.63. The summed E-state index contributed by atoms with van der Waals surface area (Å²) >= 11 is 0. The molecular formula is C16H29IN4O3S. The predicted octanol–water partition coefficient (Wildman–Crippen LogP) is 1.48. The molecule has 1 aromatic carbocycles. The van der Waals surface area contributed by atoms with Gasteiger partial charge in [0.2, 0.25) is 10.0 Å². The molecule has 0 spiro atoms. The van der Waals surface area contributed by atoms with Crippen LogP contribution in [0.1, 0.15) is 19.4 Å². The molecule has 0 aromatic heterocycles. The Morgan fingerprint density at radius 3 is 2.32 bits per heavy atom. The van der Waals surface area contributed by atoms with Crippen LogP contribution in [0.25, 0.3) is 0 Å². The maximum Gasteiger partial charge on any atom is 0.209 e. The zero-order chi connectivity index (χ0) is 18.2. The van der Waals surface area contributed by atoms with Gasteiger partial charge in [-0.2, -0.15) is 0 Å². The van der Waals surface area contributed by atoms with Crippen molar-refractivity contribution in [2.24, 2.45) is 4.99 Å². The Bertz CT molecular complexity index is 646. The third-order valence-corrected chi connectivity index (χ3v) is 3.99. The number of ether oxygens (including phenoxy) is 1. The van der Waals surface area contributed by atoms with Crippen molar-refractivity contribution in [3.8, 4) is 5.75 Å². The van der Waals surface area contributed by atoms with Crippen LogP contribution in [0.2, 0.25) is 0 Å². The second kappa shape index (κ2) is 10.8. The second-order valence-corrected chi connectivity index (χ2v) is 8.02. The SMILES string of the molecule is CN=C(NCCOc1ccc(C)cc1)NCC(C)(C)NS(C)(=O)=O.I. The molecule has 144 valence electrons. The quantitative estimate of drug-likeness (QED) is 0.225. The molecule has 0 radical (unpaired) electrons. The van der Waals surface area contributed by atoms with Gasteiger partial charge in [-0.1, -0.05) is 17.7 Å². The number of halogens is 1. The van der Waals surface area contributed by atoms with Crippen LogP contribution < -0.4 is 20.1 Å². The molecule has 3 N–H and O–H groups in total. The van der Waals surface area contributed by atoms with Gasteiger partial charge in [-0.25, -0.2) is 13.1 Å². The molecule has 0 amide bonds. The summed E-state index contributed by atoms with van der Waals surface area (Å²) in [6.07, 6.45) is 1.14. The van der Waals surface area contributed by atoms with E-state index in [0.29, 0.717) is 25.7 Å². The van der Waals surface area contributed by atoms with E-state index in [1.807, 2.05) is 31.2 Å². The van der Waals surface area contributed by atoms with E-state index in [2.05, 4.69) is 20.3 Å². The van der Waals surface area contributed by atoms with Crippen LogP contribution in [0.4, 0.5) is 0 Å². The van der Waals surface area contributed by atoms with E-state index in [1.54, 1.807) is 20.9 Å². The summed E-state index contributed by atoms with van der Waals surface area (Å²) in [5.41, 5.74) is 0.569. The number of nitrogens with zero attached hydrogens (tertiary/aromatic N) is 1. The van der Waals surface area contributed by atoms with Crippen molar-refractivity contribution in [2.45, 2.75) is 26.3 Å². The maximum atomic E-state index is 11.3. The monoisotopic (exact) mass is 484 g/mol. The summed E-state index contributed by atoms with van der Waals surface area (Å²) in [5.74, 6) is 1.41. The minimum atomic E-state index is -3.26. The number of aryl methyl sites for hydroxylation is 1. The van der Waals surface area contributed by atoms with E-state index >= 15 is 0 Å². The van der Waals surface area contributed by atoms with Gasteiger partial charge in [0, 0.05) is 19.1 Å². The van der Waals surface area contributed by atoms with Crippen molar-refractivity contribution >= 4 is 40.0 Å². The molecule has 1 aromatic rings. The van der Waals surface area contributed by atoms with Crippen LogP contribution >= 0.6 is 24.0 Å². The Labute approximate surface area is 168 Å². The first-order chi connectivity index (χ1) is 11.1. The van der Waals surface area contributed by atoms with Crippen molar-refractivity contribution in [1.29, 1.82) is 0 Å². The average Bonchev–Trinajstić information content (AvgIpc) is 2.46. The molecule has 0 aliphatic rings. The first kappa shape index (κ1) is 23.9. The lowest BCUT2D eigenvalue weighted by Gasteiger charge is -2.26. The number of guanidine groups is 1. The lowest BCUT2D eigenvalue weighted by Crippen LogP contribution is -2.53. The molecule has 7 nitrogen and oxygen atoms in total. The number of aliphatic imine (C=N–C) groups is 1. The van der Waals surface area contributed by atoms with Crippen molar-refractivity contribution in [2.75, 3.05) is 33.0 Å². The fourth-order valence-electron chi connectivity index (χ4n) is 2.04.